The van der Waals surface area contributed by atoms with Gasteiger partial charge in [0.05, 0.1) is 29.2 Å². The van der Waals surface area contributed by atoms with Crippen LogP contribution in [0.2, 0.25) is 0 Å². The summed E-state index contributed by atoms with van der Waals surface area (Å²) in [6.45, 7) is 0.937. The summed E-state index contributed by atoms with van der Waals surface area (Å²) >= 11 is 0. The summed E-state index contributed by atoms with van der Waals surface area (Å²) in [5.74, 6) is 0. The Morgan fingerprint density at radius 2 is 2.25 bits per heavy atom. The second-order valence-corrected chi connectivity index (χ2v) is 6.70. The lowest BCUT2D eigenvalue weighted by atomic mass is 10.2. The molecule has 1 aromatic carbocycles. The summed E-state index contributed by atoms with van der Waals surface area (Å²) in [5.41, 5.74) is 0.799. The Labute approximate surface area is 117 Å². The molecule has 2 atom stereocenters. The molecule has 1 aliphatic heterocycles. The van der Waals surface area contributed by atoms with Crippen LogP contribution in [0.4, 0.5) is 4.39 Å². The molecular formula is C13H15FN2O3S. The first-order chi connectivity index (χ1) is 9.40. The van der Waals surface area contributed by atoms with Gasteiger partial charge < -0.3 is 5.11 Å². The fourth-order valence-electron chi connectivity index (χ4n) is 2.43. The molecular weight excluding hydrogens is 283 g/mol. The molecule has 1 heterocycles. The van der Waals surface area contributed by atoms with Gasteiger partial charge in [0, 0.05) is 6.54 Å². The molecule has 7 heteroatoms. The van der Waals surface area contributed by atoms with Crippen LogP contribution in [0, 0.1) is 18.3 Å². The van der Waals surface area contributed by atoms with Crippen molar-refractivity contribution in [2.24, 2.45) is 0 Å². The number of nitriles is 1. The first-order valence-electron chi connectivity index (χ1n) is 6.17. The molecule has 0 aliphatic carbocycles. The van der Waals surface area contributed by atoms with E-state index in [1.54, 1.807) is 6.92 Å². The Hall–Kier alpha value is -1.49. The quantitative estimate of drug-likeness (QED) is 0.901. The van der Waals surface area contributed by atoms with Crippen molar-refractivity contribution in [2.75, 3.05) is 13.2 Å². The van der Waals surface area contributed by atoms with E-state index in [0.29, 0.717) is 11.1 Å². The van der Waals surface area contributed by atoms with Crippen LogP contribution in [0.1, 0.15) is 17.5 Å². The third kappa shape index (κ3) is 2.54. The monoisotopic (exact) mass is 298 g/mol. The van der Waals surface area contributed by atoms with Gasteiger partial charge in [0.15, 0.2) is 0 Å². The maximum Gasteiger partial charge on any atom is 0.243 e. The lowest BCUT2D eigenvalue weighted by molar-refractivity contribution is 0.213. The van der Waals surface area contributed by atoms with Crippen LogP contribution in [0.15, 0.2) is 23.1 Å². The van der Waals surface area contributed by atoms with E-state index < -0.39 is 28.8 Å². The Morgan fingerprint density at radius 1 is 1.55 bits per heavy atom. The van der Waals surface area contributed by atoms with Gasteiger partial charge in [0.2, 0.25) is 10.0 Å². The fraction of sp³-hybridized carbons (Fsp3) is 0.462. The summed E-state index contributed by atoms with van der Waals surface area (Å²) in [6, 6.07) is 5.44. The lowest BCUT2D eigenvalue weighted by Crippen LogP contribution is -2.38. The molecule has 0 saturated carbocycles. The lowest BCUT2D eigenvalue weighted by Gasteiger charge is -2.23. The van der Waals surface area contributed by atoms with Gasteiger partial charge in [-0.2, -0.15) is 9.57 Å². The van der Waals surface area contributed by atoms with Crippen molar-refractivity contribution in [3.8, 4) is 6.07 Å². The number of benzene rings is 1. The van der Waals surface area contributed by atoms with Crippen LogP contribution in [0.5, 0.6) is 0 Å². The van der Waals surface area contributed by atoms with Gasteiger partial charge in [-0.25, -0.2) is 12.8 Å². The molecule has 0 spiro atoms. The van der Waals surface area contributed by atoms with Crippen molar-refractivity contribution in [3.63, 3.8) is 0 Å². The van der Waals surface area contributed by atoms with Gasteiger partial charge >= 0.3 is 0 Å². The number of aliphatic hydroxyl groups excluding tert-OH is 1. The van der Waals surface area contributed by atoms with Gasteiger partial charge in [-0.3, -0.25) is 0 Å². The Morgan fingerprint density at radius 3 is 2.80 bits per heavy atom. The SMILES string of the molecule is Cc1cc(C#N)ccc1S(=O)(=O)N1C[C@@H](F)C[C@H]1CO. The number of nitrogens with zero attached hydrogens (tertiary/aromatic N) is 2. The molecule has 0 radical (unpaired) electrons. The minimum atomic E-state index is -3.86. The van der Waals surface area contributed by atoms with Crippen molar-refractivity contribution < 1.29 is 17.9 Å². The highest BCUT2D eigenvalue weighted by atomic mass is 32.2. The van der Waals surface area contributed by atoms with E-state index in [2.05, 4.69) is 0 Å². The summed E-state index contributed by atoms with van der Waals surface area (Å²) in [5, 5.41) is 18.0. The summed E-state index contributed by atoms with van der Waals surface area (Å²) in [4.78, 5) is 0.0454. The third-order valence-electron chi connectivity index (χ3n) is 3.41. The summed E-state index contributed by atoms with van der Waals surface area (Å²) < 4.78 is 39.5. The normalized spacial score (nSPS) is 23.7. The Bertz CT molecular complexity index is 654. The standard InChI is InChI=1S/C13H15FN2O3S/c1-9-4-10(6-15)2-3-13(9)20(18,19)16-7-11(14)5-12(16)8-17/h2-4,11-12,17H,5,7-8H2,1H3/t11-,12-/m0/s1. The van der Waals surface area contributed by atoms with Gasteiger partial charge in [-0.15, -0.1) is 0 Å². The molecule has 1 aliphatic rings. The number of hydrogen-bond donors (Lipinski definition) is 1. The van der Waals surface area contributed by atoms with Crippen molar-refractivity contribution in [1.29, 1.82) is 5.26 Å². The number of hydrogen-bond acceptors (Lipinski definition) is 4. The highest BCUT2D eigenvalue weighted by Crippen LogP contribution is 2.29. The number of sulfonamides is 1. The zero-order valence-electron chi connectivity index (χ0n) is 11.0. The van der Waals surface area contributed by atoms with Crippen molar-refractivity contribution in [1.82, 2.24) is 4.31 Å². The van der Waals surface area contributed by atoms with Gasteiger partial charge in [-0.05, 0) is 37.1 Å². The Balaban J connectivity index is 2.43. The van der Waals surface area contributed by atoms with Crippen LogP contribution in [0.25, 0.3) is 0 Å². The van der Waals surface area contributed by atoms with Gasteiger partial charge in [0.1, 0.15) is 6.17 Å². The first-order valence-corrected chi connectivity index (χ1v) is 7.61. The molecule has 20 heavy (non-hydrogen) atoms. The number of halogens is 1. The smallest absolute Gasteiger partial charge is 0.243 e. The van der Waals surface area contributed by atoms with Crippen LogP contribution in [-0.4, -0.2) is 43.2 Å². The predicted molar refractivity (Wildman–Crippen MR) is 70.2 cm³/mol. The largest absolute Gasteiger partial charge is 0.395 e. The molecule has 1 fully saturated rings. The minimum Gasteiger partial charge on any atom is -0.395 e. The van der Waals surface area contributed by atoms with Crippen molar-refractivity contribution in [2.45, 2.75) is 30.5 Å². The number of rotatable bonds is 3. The van der Waals surface area contributed by atoms with E-state index in [9.17, 15) is 17.9 Å². The predicted octanol–water partition coefficient (Wildman–Crippen LogP) is 0.960. The maximum absolute atomic E-state index is 13.4. The van der Waals surface area contributed by atoms with E-state index in [1.165, 1.54) is 18.2 Å². The average molecular weight is 298 g/mol. The van der Waals surface area contributed by atoms with E-state index in [-0.39, 0.29) is 17.9 Å². The minimum absolute atomic E-state index is 0.00502. The van der Waals surface area contributed by atoms with Gasteiger partial charge in [-0.1, -0.05) is 0 Å². The van der Waals surface area contributed by atoms with Crippen molar-refractivity contribution >= 4 is 10.0 Å². The van der Waals surface area contributed by atoms with Crippen LogP contribution in [0.3, 0.4) is 0 Å². The number of aliphatic hydroxyl groups is 1. The molecule has 1 N–H and O–H groups in total. The molecule has 108 valence electrons. The van der Waals surface area contributed by atoms with Crippen molar-refractivity contribution in [3.05, 3.63) is 29.3 Å². The van der Waals surface area contributed by atoms with E-state index >= 15 is 0 Å². The Kier molecular flexibility index (Phi) is 4.09. The topological polar surface area (TPSA) is 81.4 Å². The molecule has 0 aromatic heterocycles. The second-order valence-electron chi connectivity index (χ2n) is 4.84. The maximum atomic E-state index is 13.4. The van der Waals surface area contributed by atoms with Crippen LogP contribution >= 0.6 is 0 Å². The molecule has 0 bridgehead atoms. The zero-order valence-corrected chi connectivity index (χ0v) is 11.8. The third-order valence-corrected chi connectivity index (χ3v) is 5.49. The van der Waals surface area contributed by atoms with E-state index in [0.717, 1.165) is 4.31 Å². The number of alkyl halides is 1. The summed E-state index contributed by atoms with van der Waals surface area (Å²) in [7, 11) is -3.86. The molecule has 0 unspecified atom stereocenters. The molecule has 1 saturated heterocycles. The molecule has 2 rings (SSSR count). The van der Waals surface area contributed by atoms with E-state index in [1.807, 2.05) is 6.07 Å². The first kappa shape index (κ1) is 14.9. The van der Waals surface area contributed by atoms with E-state index in [4.69, 9.17) is 5.26 Å². The molecule has 0 amide bonds. The molecule has 1 aromatic rings. The molecule has 5 nitrogen and oxygen atoms in total. The zero-order chi connectivity index (χ0) is 14.9. The van der Waals surface area contributed by atoms with Crippen LogP contribution < -0.4 is 0 Å². The second kappa shape index (κ2) is 5.48. The van der Waals surface area contributed by atoms with Crippen LogP contribution in [-0.2, 0) is 10.0 Å². The number of aryl methyl sites for hydroxylation is 1. The average Bonchev–Trinajstić information content (AvgIpc) is 2.80. The fourth-order valence-corrected chi connectivity index (χ4v) is 4.29. The highest BCUT2D eigenvalue weighted by Gasteiger charge is 2.40. The summed E-state index contributed by atoms with van der Waals surface area (Å²) in [6.07, 6.45) is -1.26. The van der Waals surface area contributed by atoms with Gasteiger partial charge in [0.25, 0.3) is 0 Å². The highest BCUT2D eigenvalue weighted by molar-refractivity contribution is 7.89.